The van der Waals surface area contributed by atoms with Crippen molar-refractivity contribution >= 4 is 11.2 Å². The molecule has 3 heterocycles. The highest BCUT2D eigenvalue weighted by atomic mass is 16.4. The molecule has 0 radical (unpaired) electrons. The summed E-state index contributed by atoms with van der Waals surface area (Å²) in [6.45, 7) is 6.11. The van der Waals surface area contributed by atoms with Gasteiger partial charge in [0.15, 0.2) is 11.2 Å². The third kappa shape index (κ3) is 6.46. The minimum atomic E-state index is -0.427. The Balaban J connectivity index is 1.80. The Bertz CT molecular complexity index is 1410. The molecule has 204 valence electrons. The predicted octanol–water partition coefficient (Wildman–Crippen LogP) is 2.13. The Labute approximate surface area is 221 Å². The van der Waals surface area contributed by atoms with Gasteiger partial charge >= 0.3 is 5.69 Å². The van der Waals surface area contributed by atoms with Gasteiger partial charge in [-0.1, -0.05) is 57.0 Å². The number of imidazole rings is 1. The zero-order chi connectivity index (χ0) is 26.9. The van der Waals surface area contributed by atoms with Gasteiger partial charge in [-0.2, -0.15) is 0 Å². The largest absolute Gasteiger partial charge is 0.428 e. The van der Waals surface area contributed by atoms with Gasteiger partial charge in [0.2, 0.25) is 12.3 Å². The van der Waals surface area contributed by atoms with Gasteiger partial charge in [0.05, 0.1) is 6.10 Å². The van der Waals surface area contributed by atoms with E-state index in [1.165, 1.54) is 11.0 Å². The van der Waals surface area contributed by atoms with Gasteiger partial charge in [-0.15, -0.1) is 10.2 Å². The van der Waals surface area contributed by atoms with Crippen LogP contribution in [0.15, 0.2) is 50.7 Å². The number of nitrogens with zero attached hydrogens (tertiary/aromatic N) is 6. The smallest absolute Gasteiger partial charge is 0.332 e. The molecule has 0 bridgehead atoms. The van der Waals surface area contributed by atoms with E-state index in [2.05, 4.69) is 22.4 Å². The van der Waals surface area contributed by atoms with Crippen molar-refractivity contribution in [1.29, 1.82) is 0 Å². The summed E-state index contributed by atoms with van der Waals surface area (Å²) in [7, 11) is 0. The maximum atomic E-state index is 13.8. The number of fused-ring (bicyclic) bond motifs is 1. The van der Waals surface area contributed by atoms with Crippen LogP contribution in [0.2, 0.25) is 0 Å². The minimum Gasteiger partial charge on any atom is -0.428 e. The first-order valence-electron chi connectivity index (χ1n) is 13.4. The Morgan fingerprint density at radius 1 is 1.03 bits per heavy atom. The average Bonchev–Trinajstić information content (AvgIpc) is 3.57. The van der Waals surface area contributed by atoms with Gasteiger partial charge in [-0.25, -0.2) is 9.78 Å². The molecule has 1 unspecified atom stereocenters. The fourth-order valence-corrected chi connectivity index (χ4v) is 4.52. The predicted molar refractivity (Wildman–Crippen MR) is 144 cm³/mol. The molecule has 0 spiro atoms. The van der Waals surface area contributed by atoms with Crippen molar-refractivity contribution in [3.63, 3.8) is 0 Å². The van der Waals surface area contributed by atoms with E-state index in [1.54, 1.807) is 4.57 Å². The number of nitrogens with one attached hydrogen (secondary N) is 1. The maximum absolute atomic E-state index is 13.8. The van der Waals surface area contributed by atoms with E-state index in [1.807, 2.05) is 41.8 Å². The van der Waals surface area contributed by atoms with Crippen molar-refractivity contribution in [2.75, 3.05) is 13.1 Å². The molecule has 0 aliphatic heterocycles. The van der Waals surface area contributed by atoms with Crippen LogP contribution in [0.5, 0.6) is 0 Å². The fraction of sp³-hybridized carbons (Fsp3) is 0.519. The molecule has 1 atom stereocenters. The summed E-state index contributed by atoms with van der Waals surface area (Å²) in [5.74, 6) is 1.12. The quantitative estimate of drug-likeness (QED) is 0.227. The number of hydrogen-bond acceptors (Lipinski definition) is 8. The van der Waals surface area contributed by atoms with Crippen LogP contribution in [0.1, 0.15) is 56.8 Å². The Morgan fingerprint density at radius 3 is 2.55 bits per heavy atom. The highest BCUT2D eigenvalue weighted by Gasteiger charge is 2.22. The Hall–Kier alpha value is -3.57. The SMILES string of the molecule is CCCCCn1c(=O)c2c(nc(Cc3ccccc3)n2CCNCC(O)CC)n(CCc2nnco2)c1=O. The molecule has 3 aromatic heterocycles. The summed E-state index contributed by atoms with van der Waals surface area (Å²) in [4.78, 5) is 32.2. The van der Waals surface area contributed by atoms with Crippen LogP contribution in [0.4, 0.5) is 0 Å². The van der Waals surface area contributed by atoms with Crippen LogP contribution in [-0.2, 0) is 32.5 Å². The monoisotopic (exact) mass is 523 g/mol. The average molecular weight is 524 g/mol. The van der Waals surface area contributed by atoms with E-state index in [-0.39, 0.29) is 17.8 Å². The molecule has 1 aromatic carbocycles. The van der Waals surface area contributed by atoms with Crippen molar-refractivity contribution in [3.8, 4) is 0 Å². The second-order valence-electron chi connectivity index (χ2n) is 9.46. The van der Waals surface area contributed by atoms with Gasteiger partial charge in [-0.05, 0) is 18.4 Å². The molecular formula is C27H37N7O4. The number of aryl methyl sites for hydroxylation is 2. The molecule has 0 aliphatic rings. The number of aliphatic hydroxyl groups excluding tert-OH is 1. The van der Waals surface area contributed by atoms with Gasteiger partial charge < -0.3 is 19.4 Å². The molecule has 0 fully saturated rings. The first kappa shape index (κ1) is 27.5. The number of unbranched alkanes of at least 4 members (excludes halogenated alkanes) is 2. The Kier molecular flexibility index (Phi) is 9.61. The molecule has 0 amide bonds. The lowest BCUT2D eigenvalue weighted by molar-refractivity contribution is 0.167. The molecule has 2 N–H and O–H groups in total. The van der Waals surface area contributed by atoms with Crippen LogP contribution in [0, 0.1) is 0 Å². The van der Waals surface area contributed by atoms with Gasteiger partial charge in [-0.3, -0.25) is 13.9 Å². The lowest BCUT2D eigenvalue weighted by Crippen LogP contribution is -2.41. The van der Waals surface area contributed by atoms with Gasteiger partial charge in [0, 0.05) is 45.6 Å². The van der Waals surface area contributed by atoms with E-state index in [9.17, 15) is 14.7 Å². The zero-order valence-corrected chi connectivity index (χ0v) is 22.2. The molecule has 0 saturated carbocycles. The lowest BCUT2D eigenvalue weighted by atomic mass is 10.1. The number of hydrogen-bond donors (Lipinski definition) is 2. The zero-order valence-electron chi connectivity index (χ0n) is 22.2. The second kappa shape index (κ2) is 13.3. The molecule has 0 saturated heterocycles. The summed E-state index contributed by atoms with van der Waals surface area (Å²) in [6.07, 6.45) is 5.00. The topological polar surface area (TPSA) is 133 Å². The minimum absolute atomic E-state index is 0.258. The standard InChI is InChI=1S/C27H37N7O4/c1-3-5-9-14-34-26(36)24-25(33(27(34)37)15-12-23-31-29-19-38-23)30-22(17-20-10-7-6-8-11-20)32(24)16-13-28-18-21(35)4-2/h6-8,10-11,19,21,28,35H,3-5,9,12-18H2,1-2H3. The normalized spacial score (nSPS) is 12.4. The van der Waals surface area contributed by atoms with Crippen LogP contribution >= 0.6 is 0 Å². The maximum Gasteiger partial charge on any atom is 0.332 e. The van der Waals surface area contributed by atoms with Crippen LogP contribution < -0.4 is 16.6 Å². The van der Waals surface area contributed by atoms with Gasteiger partial charge in [0.1, 0.15) is 5.82 Å². The summed E-state index contributed by atoms with van der Waals surface area (Å²) < 4.78 is 10.1. The molecule has 0 aliphatic carbocycles. The molecular weight excluding hydrogens is 486 g/mol. The third-order valence-corrected chi connectivity index (χ3v) is 6.70. The molecule has 4 rings (SSSR count). The van der Waals surface area contributed by atoms with Crippen molar-refractivity contribution in [1.82, 2.24) is 34.2 Å². The highest BCUT2D eigenvalue weighted by molar-refractivity contribution is 5.71. The van der Waals surface area contributed by atoms with Crippen molar-refractivity contribution in [3.05, 3.63) is 74.8 Å². The molecule has 38 heavy (non-hydrogen) atoms. The summed E-state index contributed by atoms with van der Waals surface area (Å²) in [5.41, 5.74) is 1.14. The van der Waals surface area contributed by atoms with Gasteiger partial charge in [0.25, 0.3) is 5.56 Å². The highest BCUT2D eigenvalue weighted by Crippen LogP contribution is 2.16. The summed E-state index contributed by atoms with van der Waals surface area (Å²) in [5, 5.41) is 20.9. The van der Waals surface area contributed by atoms with Crippen molar-refractivity contribution < 1.29 is 9.52 Å². The van der Waals surface area contributed by atoms with E-state index in [4.69, 9.17) is 9.40 Å². The van der Waals surface area contributed by atoms with E-state index in [0.717, 1.165) is 24.8 Å². The second-order valence-corrected chi connectivity index (χ2v) is 9.46. The van der Waals surface area contributed by atoms with Crippen molar-refractivity contribution in [2.24, 2.45) is 0 Å². The molecule has 11 heteroatoms. The van der Waals surface area contributed by atoms with Crippen molar-refractivity contribution in [2.45, 2.75) is 78.1 Å². The number of aliphatic hydroxyl groups is 1. The lowest BCUT2D eigenvalue weighted by Gasteiger charge is -2.14. The van der Waals surface area contributed by atoms with Crippen LogP contribution in [0.25, 0.3) is 11.2 Å². The van der Waals surface area contributed by atoms with E-state index < -0.39 is 6.10 Å². The van der Waals surface area contributed by atoms with Crippen LogP contribution in [0.3, 0.4) is 0 Å². The molecule has 11 nitrogen and oxygen atoms in total. The number of rotatable bonds is 15. The molecule has 4 aromatic rings. The summed E-state index contributed by atoms with van der Waals surface area (Å²) in [6, 6.07) is 9.93. The van der Waals surface area contributed by atoms with Crippen LogP contribution in [-0.4, -0.2) is 53.2 Å². The number of benzene rings is 1. The van der Waals surface area contributed by atoms with E-state index >= 15 is 0 Å². The Morgan fingerprint density at radius 2 is 1.84 bits per heavy atom. The summed E-state index contributed by atoms with van der Waals surface area (Å²) >= 11 is 0. The third-order valence-electron chi connectivity index (χ3n) is 6.70. The van der Waals surface area contributed by atoms with E-state index in [0.29, 0.717) is 68.3 Å². The fourth-order valence-electron chi connectivity index (χ4n) is 4.52. The number of aromatic nitrogens is 6. The first-order chi connectivity index (χ1) is 18.5. The first-order valence-corrected chi connectivity index (χ1v) is 13.4.